The Morgan fingerprint density at radius 1 is 1.40 bits per heavy atom. The average Bonchev–Trinajstić information content (AvgIpc) is 3.10. The number of likely N-dealkylation sites (tertiary alicyclic amines) is 1. The first kappa shape index (κ1) is 13.8. The highest BCUT2D eigenvalue weighted by Crippen LogP contribution is 2.26. The molecule has 108 valence electrons. The molecule has 0 aromatic heterocycles. The van der Waals surface area contributed by atoms with Crippen molar-refractivity contribution in [1.29, 1.82) is 0 Å². The van der Waals surface area contributed by atoms with Crippen LogP contribution in [0.1, 0.15) is 24.8 Å². The molecule has 1 N–H and O–H groups in total. The second-order valence-electron chi connectivity index (χ2n) is 5.70. The smallest absolute Gasteiger partial charge is 0.224 e. The van der Waals surface area contributed by atoms with E-state index in [1.807, 2.05) is 0 Å². The molecule has 1 saturated carbocycles. The molecule has 1 atom stereocenters. The zero-order valence-corrected chi connectivity index (χ0v) is 12.0. The minimum absolute atomic E-state index is 0.0288. The largest absolute Gasteiger partial charge is 0.353 e. The van der Waals surface area contributed by atoms with Gasteiger partial charge < -0.3 is 5.32 Å². The van der Waals surface area contributed by atoms with E-state index in [-0.39, 0.29) is 17.6 Å². The fraction of sp³-hybridized carbons (Fsp3) is 0.533. The van der Waals surface area contributed by atoms with E-state index in [1.54, 1.807) is 12.1 Å². The van der Waals surface area contributed by atoms with Crippen LogP contribution in [-0.4, -0.2) is 29.9 Å². The van der Waals surface area contributed by atoms with E-state index >= 15 is 0 Å². The molecule has 1 unspecified atom stereocenters. The summed E-state index contributed by atoms with van der Waals surface area (Å²) >= 11 is 6.04. The molecule has 1 amide bonds. The fourth-order valence-corrected chi connectivity index (χ4v) is 2.87. The van der Waals surface area contributed by atoms with Crippen LogP contribution in [0.15, 0.2) is 18.2 Å². The Hall–Kier alpha value is -1.13. The molecule has 20 heavy (non-hydrogen) atoms. The second kappa shape index (κ2) is 5.70. The van der Waals surface area contributed by atoms with Gasteiger partial charge in [0.25, 0.3) is 0 Å². The minimum atomic E-state index is -0.275. The van der Waals surface area contributed by atoms with Gasteiger partial charge in [0.15, 0.2) is 0 Å². The lowest BCUT2D eigenvalue weighted by Crippen LogP contribution is -2.34. The van der Waals surface area contributed by atoms with E-state index in [9.17, 15) is 9.18 Å². The average molecular weight is 297 g/mol. The van der Waals surface area contributed by atoms with E-state index in [0.29, 0.717) is 29.7 Å². The Bertz CT molecular complexity index is 498. The van der Waals surface area contributed by atoms with Gasteiger partial charge in [0.2, 0.25) is 5.91 Å². The predicted octanol–water partition coefficient (Wildman–Crippen LogP) is 2.58. The second-order valence-corrected chi connectivity index (χ2v) is 6.11. The molecule has 0 radical (unpaired) electrons. The van der Waals surface area contributed by atoms with Gasteiger partial charge in [-0.3, -0.25) is 9.69 Å². The van der Waals surface area contributed by atoms with Crippen LogP contribution in [0.5, 0.6) is 0 Å². The molecule has 2 fully saturated rings. The molecule has 0 spiro atoms. The minimum Gasteiger partial charge on any atom is -0.353 e. The van der Waals surface area contributed by atoms with Crippen molar-refractivity contribution in [2.45, 2.75) is 31.8 Å². The van der Waals surface area contributed by atoms with Crippen LogP contribution in [0.3, 0.4) is 0 Å². The van der Waals surface area contributed by atoms with E-state index in [1.165, 1.54) is 6.07 Å². The normalized spacial score (nSPS) is 23.0. The maximum absolute atomic E-state index is 13.7. The van der Waals surface area contributed by atoms with Crippen LogP contribution in [-0.2, 0) is 11.3 Å². The molecular weight excluding hydrogens is 279 g/mol. The van der Waals surface area contributed by atoms with Crippen LogP contribution >= 0.6 is 11.6 Å². The summed E-state index contributed by atoms with van der Waals surface area (Å²) in [6, 6.07) is 5.14. The quantitative estimate of drug-likeness (QED) is 0.926. The van der Waals surface area contributed by atoms with Gasteiger partial charge in [0.1, 0.15) is 5.82 Å². The van der Waals surface area contributed by atoms with E-state index in [4.69, 9.17) is 11.6 Å². The molecule has 1 aromatic carbocycles. The molecule has 0 bridgehead atoms. The van der Waals surface area contributed by atoms with Crippen molar-refractivity contribution in [1.82, 2.24) is 10.2 Å². The first-order valence-electron chi connectivity index (χ1n) is 7.09. The van der Waals surface area contributed by atoms with Crippen molar-refractivity contribution in [2.75, 3.05) is 13.1 Å². The molecule has 2 aliphatic rings. The molecule has 1 aliphatic carbocycles. The van der Waals surface area contributed by atoms with Gasteiger partial charge in [-0.15, -0.1) is 0 Å². The predicted molar refractivity (Wildman–Crippen MR) is 76.0 cm³/mol. The first-order valence-corrected chi connectivity index (χ1v) is 7.47. The summed E-state index contributed by atoms with van der Waals surface area (Å²) in [5.41, 5.74) is 0.525. The molecule has 1 heterocycles. The van der Waals surface area contributed by atoms with E-state index < -0.39 is 0 Å². The van der Waals surface area contributed by atoms with Crippen LogP contribution in [0, 0.1) is 11.7 Å². The van der Waals surface area contributed by atoms with Crippen LogP contribution in [0.2, 0.25) is 5.02 Å². The zero-order valence-electron chi connectivity index (χ0n) is 11.2. The van der Waals surface area contributed by atoms with Crippen LogP contribution < -0.4 is 5.32 Å². The van der Waals surface area contributed by atoms with Gasteiger partial charge >= 0.3 is 0 Å². The SMILES string of the molecule is O=C(NC1CC1)C1CCN(Cc2c(F)cccc2Cl)C1. The number of amides is 1. The van der Waals surface area contributed by atoms with Crippen molar-refractivity contribution in [3.8, 4) is 0 Å². The van der Waals surface area contributed by atoms with Gasteiger partial charge in [-0.2, -0.15) is 0 Å². The number of carbonyl (C=O) groups is 1. The maximum atomic E-state index is 13.7. The highest BCUT2D eigenvalue weighted by Gasteiger charge is 2.32. The fourth-order valence-electron chi connectivity index (χ4n) is 2.64. The first-order chi connectivity index (χ1) is 9.63. The highest BCUT2D eigenvalue weighted by atomic mass is 35.5. The van der Waals surface area contributed by atoms with Gasteiger partial charge in [-0.1, -0.05) is 17.7 Å². The Morgan fingerprint density at radius 3 is 2.90 bits per heavy atom. The maximum Gasteiger partial charge on any atom is 0.224 e. The zero-order chi connectivity index (χ0) is 14.1. The molecule has 3 nitrogen and oxygen atoms in total. The third kappa shape index (κ3) is 3.13. The standard InChI is InChI=1S/C15H18ClFN2O/c16-13-2-1-3-14(17)12(13)9-19-7-6-10(8-19)15(20)18-11-4-5-11/h1-3,10-11H,4-9H2,(H,18,20). The number of halogens is 2. The van der Waals surface area contributed by atoms with E-state index in [2.05, 4.69) is 10.2 Å². The summed E-state index contributed by atoms with van der Waals surface area (Å²) in [5.74, 6) is -0.0980. The Morgan fingerprint density at radius 2 is 2.20 bits per heavy atom. The van der Waals surface area contributed by atoms with Gasteiger partial charge in [-0.05, 0) is 37.9 Å². The molecule has 1 aliphatic heterocycles. The molecule has 3 rings (SSSR count). The Balaban J connectivity index is 1.58. The number of nitrogens with one attached hydrogen (secondary N) is 1. The van der Waals surface area contributed by atoms with Crippen molar-refractivity contribution in [3.63, 3.8) is 0 Å². The number of rotatable bonds is 4. The lowest BCUT2D eigenvalue weighted by atomic mass is 10.1. The van der Waals surface area contributed by atoms with Crippen LogP contribution in [0.25, 0.3) is 0 Å². The molecule has 1 saturated heterocycles. The molecule has 1 aromatic rings. The molecule has 5 heteroatoms. The van der Waals surface area contributed by atoms with Gasteiger partial charge in [-0.25, -0.2) is 4.39 Å². The summed E-state index contributed by atoms with van der Waals surface area (Å²) in [6.45, 7) is 1.97. The van der Waals surface area contributed by atoms with Crippen molar-refractivity contribution in [2.24, 2.45) is 5.92 Å². The summed E-state index contributed by atoms with van der Waals surface area (Å²) in [5, 5.41) is 3.49. The topological polar surface area (TPSA) is 32.3 Å². The highest BCUT2D eigenvalue weighted by molar-refractivity contribution is 6.31. The third-order valence-electron chi connectivity index (χ3n) is 4.01. The lowest BCUT2D eigenvalue weighted by molar-refractivity contribution is -0.124. The summed E-state index contributed by atoms with van der Waals surface area (Å²) in [4.78, 5) is 14.1. The van der Waals surface area contributed by atoms with Crippen molar-refractivity contribution >= 4 is 17.5 Å². The number of benzene rings is 1. The third-order valence-corrected chi connectivity index (χ3v) is 4.36. The number of hydrogen-bond donors (Lipinski definition) is 1. The van der Waals surface area contributed by atoms with Crippen LogP contribution in [0.4, 0.5) is 4.39 Å². The molecular formula is C15H18ClFN2O. The van der Waals surface area contributed by atoms with Gasteiger partial charge in [0, 0.05) is 29.7 Å². The van der Waals surface area contributed by atoms with Crippen molar-refractivity contribution < 1.29 is 9.18 Å². The summed E-state index contributed by atoms with van der Waals surface area (Å²) in [6.07, 6.45) is 3.05. The van der Waals surface area contributed by atoms with E-state index in [0.717, 1.165) is 25.8 Å². The Kier molecular flexibility index (Phi) is 3.94. The number of carbonyl (C=O) groups excluding carboxylic acids is 1. The Labute approximate surface area is 123 Å². The monoisotopic (exact) mass is 296 g/mol. The summed E-state index contributed by atoms with van der Waals surface area (Å²) < 4.78 is 13.7. The summed E-state index contributed by atoms with van der Waals surface area (Å²) in [7, 11) is 0. The lowest BCUT2D eigenvalue weighted by Gasteiger charge is -2.17. The number of nitrogens with zero attached hydrogens (tertiary/aromatic N) is 1. The van der Waals surface area contributed by atoms with Gasteiger partial charge in [0.05, 0.1) is 5.92 Å². The van der Waals surface area contributed by atoms with Crippen molar-refractivity contribution in [3.05, 3.63) is 34.6 Å². The number of hydrogen-bond acceptors (Lipinski definition) is 2.